The summed E-state index contributed by atoms with van der Waals surface area (Å²) in [6.45, 7) is 8.27. The van der Waals surface area contributed by atoms with Gasteiger partial charge in [-0.15, -0.1) is 0 Å². The molecule has 0 atom stereocenters. The van der Waals surface area contributed by atoms with Crippen molar-refractivity contribution in [2.24, 2.45) is 0 Å². The van der Waals surface area contributed by atoms with Crippen LogP contribution in [0.15, 0.2) is 59.4 Å². The van der Waals surface area contributed by atoms with Crippen LogP contribution in [0, 0.1) is 6.92 Å². The first-order chi connectivity index (χ1) is 16.0. The van der Waals surface area contributed by atoms with Gasteiger partial charge in [-0.1, -0.05) is 56.3 Å². The molecule has 0 aliphatic rings. The van der Waals surface area contributed by atoms with Gasteiger partial charge >= 0.3 is 0 Å². The van der Waals surface area contributed by atoms with E-state index in [0.717, 1.165) is 33.9 Å². The van der Waals surface area contributed by atoms with E-state index < -0.39 is 0 Å². The third-order valence-corrected chi connectivity index (χ3v) is 5.43. The van der Waals surface area contributed by atoms with Gasteiger partial charge in [-0.05, 0) is 24.6 Å². The van der Waals surface area contributed by atoms with E-state index in [-0.39, 0.29) is 11.8 Å². The van der Waals surface area contributed by atoms with Gasteiger partial charge in [-0.2, -0.15) is 0 Å². The number of hydrogen-bond donors (Lipinski definition) is 1. The highest BCUT2D eigenvalue weighted by Gasteiger charge is 2.19. The number of benzene rings is 1. The van der Waals surface area contributed by atoms with E-state index in [1.807, 2.05) is 55.6 Å². The Morgan fingerprint density at radius 3 is 2.55 bits per heavy atom. The quantitative estimate of drug-likeness (QED) is 0.428. The average Bonchev–Trinajstić information content (AvgIpc) is 3.23. The van der Waals surface area contributed by atoms with E-state index in [1.54, 1.807) is 13.1 Å². The lowest BCUT2D eigenvalue weighted by molar-refractivity contribution is 0.0948. The van der Waals surface area contributed by atoms with Crippen molar-refractivity contribution >= 4 is 5.91 Å². The molecule has 0 fully saturated rings. The lowest BCUT2D eigenvalue weighted by Gasteiger charge is -2.12. The summed E-state index contributed by atoms with van der Waals surface area (Å²) >= 11 is 0. The normalized spacial score (nSPS) is 11.1. The zero-order valence-corrected chi connectivity index (χ0v) is 19.3. The van der Waals surface area contributed by atoms with Crippen molar-refractivity contribution < 1.29 is 9.32 Å². The predicted molar refractivity (Wildman–Crippen MR) is 127 cm³/mol. The molecule has 1 aromatic carbocycles. The summed E-state index contributed by atoms with van der Waals surface area (Å²) in [7, 11) is 0. The minimum absolute atomic E-state index is 0.176. The largest absolute Gasteiger partial charge is 0.360 e. The number of nitrogens with zero attached hydrogens (tertiary/aromatic N) is 4. The van der Waals surface area contributed by atoms with Gasteiger partial charge in [-0.3, -0.25) is 9.78 Å². The Balaban J connectivity index is 1.57. The van der Waals surface area contributed by atoms with Crippen molar-refractivity contribution in [3.8, 4) is 22.5 Å². The number of aromatic nitrogens is 4. The molecule has 0 unspecified atom stereocenters. The van der Waals surface area contributed by atoms with Gasteiger partial charge in [-0.25, -0.2) is 9.97 Å². The summed E-state index contributed by atoms with van der Waals surface area (Å²) in [5.74, 6) is 1.43. The molecular weight excluding hydrogens is 414 g/mol. The van der Waals surface area contributed by atoms with Crippen molar-refractivity contribution in [1.29, 1.82) is 0 Å². The van der Waals surface area contributed by atoms with Crippen molar-refractivity contribution in [2.75, 3.05) is 0 Å². The molecule has 0 saturated heterocycles. The van der Waals surface area contributed by atoms with Crippen molar-refractivity contribution in [3.63, 3.8) is 0 Å². The van der Waals surface area contributed by atoms with Crippen LogP contribution in [0.25, 0.3) is 22.5 Å². The fourth-order valence-electron chi connectivity index (χ4n) is 3.60. The van der Waals surface area contributed by atoms with Gasteiger partial charge in [0.15, 0.2) is 0 Å². The van der Waals surface area contributed by atoms with Crippen LogP contribution in [0.5, 0.6) is 0 Å². The van der Waals surface area contributed by atoms with Crippen LogP contribution in [0.4, 0.5) is 0 Å². The summed E-state index contributed by atoms with van der Waals surface area (Å²) in [5, 5.41) is 6.87. The SMILES string of the molecule is CCc1onc(C)c1C(=O)NCc1ccc(-c2nc(C(C)C)ncc2-c2ccccn2)cc1. The average molecular weight is 442 g/mol. The molecule has 7 nitrogen and oxygen atoms in total. The molecular formula is C26H27N5O2. The molecule has 4 aromatic rings. The molecule has 0 radical (unpaired) electrons. The van der Waals surface area contributed by atoms with Gasteiger partial charge in [0.25, 0.3) is 5.91 Å². The number of rotatable bonds is 7. The van der Waals surface area contributed by atoms with Crippen LogP contribution in [0.3, 0.4) is 0 Å². The Morgan fingerprint density at radius 1 is 1.09 bits per heavy atom. The molecule has 3 heterocycles. The third-order valence-electron chi connectivity index (χ3n) is 5.43. The lowest BCUT2D eigenvalue weighted by Crippen LogP contribution is -2.24. The first kappa shape index (κ1) is 22.3. The molecule has 1 amide bonds. The van der Waals surface area contributed by atoms with Crippen LogP contribution in [-0.2, 0) is 13.0 Å². The number of nitrogens with one attached hydrogen (secondary N) is 1. The molecule has 0 saturated carbocycles. The second-order valence-corrected chi connectivity index (χ2v) is 8.16. The maximum Gasteiger partial charge on any atom is 0.257 e. The fraction of sp³-hybridized carbons (Fsp3) is 0.269. The highest BCUT2D eigenvalue weighted by Crippen LogP contribution is 2.30. The van der Waals surface area contributed by atoms with Gasteiger partial charge in [0.1, 0.15) is 17.1 Å². The topological polar surface area (TPSA) is 93.8 Å². The molecule has 0 aliphatic heterocycles. The maximum atomic E-state index is 12.6. The summed E-state index contributed by atoms with van der Waals surface area (Å²) in [6.07, 6.45) is 4.23. The molecule has 0 bridgehead atoms. The second kappa shape index (κ2) is 9.73. The van der Waals surface area contributed by atoms with Crippen molar-refractivity contribution in [2.45, 2.75) is 46.6 Å². The highest BCUT2D eigenvalue weighted by atomic mass is 16.5. The number of aryl methyl sites for hydroxylation is 2. The van der Waals surface area contributed by atoms with Crippen LogP contribution < -0.4 is 5.32 Å². The van der Waals surface area contributed by atoms with Crippen LogP contribution >= 0.6 is 0 Å². The number of pyridine rings is 1. The van der Waals surface area contributed by atoms with E-state index in [4.69, 9.17) is 9.51 Å². The summed E-state index contributed by atoms with van der Waals surface area (Å²) in [6, 6.07) is 13.8. The van der Waals surface area contributed by atoms with E-state index in [1.165, 1.54) is 0 Å². The van der Waals surface area contributed by atoms with Gasteiger partial charge in [0.05, 0.1) is 17.1 Å². The first-order valence-corrected chi connectivity index (χ1v) is 11.1. The minimum Gasteiger partial charge on any atom is -0.360 e. The van der Waals surface area contributed by atoms with Gasteiger partial charge < -0.3 is 9.84 Å². The lowest BCUT2D eigenvalue weighted by atomic mass is 10.0. The zero-order chi connectivity index (χ0) is 23.4. The third kappa shape index (κ3) is 4.82. The highest BCUT2D eigenvalue weighted by molar-refractivity contribution is 5.96. The Kier molecular flexibility index (Phi) is 6.58. The number of hydrogen-bond acceptors (Lipinski definition) is 6. The van der Waals surface area contributed by atoms with Gasteiger partial charge in [0, 0.05) is 42.4 Å². The molecule has 168 valence electrons. The maximum absolute atomic E-state index is 12.6. The van der Waals surface area contributed by atoms with E-state index in [0.29, 0.717) is 30.0 Å². The molecule has 0 aliphatic carbocycles. The zero-order valence-electron chi connectivity index (χ0n) is 19.3. The van der Waals surface area contributed by atoms with Crippen LogP contribution in [-0.4, -0.2) is 26.0 Å². The van der Waals surface area contributed by atoms with Crippen molar-refractivity contribution in [3.05, 3.63) is 83.3 Å². The van der Waals surface area contributed by atoms with E-state index >= 15 is 0 Å². The smallest absolute Gasteiger partial charge is 0.257 e. The molecule has 33 heavy (non-hydrogen) atoms. The van der Waals surface area contributed by atoms with E-state index in [2.05, 4.69) is 34.3 Å². The standard InChI is InChI=1S/C26H27N5O2/c1-5-22-23(17(4)31-33-22)26(32)29-14-18-9-11-19(12-10-18)24-20(21-8-6-7-13-27-21)15-28-25(30-24)16(2)3/h6-13,15-16H,5,14H2,1-4H3,(H,29,32). The molecule has 1 N–H and O–H groups in total. The molecule has 0 spiro atoms. The number of carbonyl (C=O) groups excluding carboxylic acids is 1. The Bertz CT molecular complexity index is 1250. The Labute approximate surface area is 193 Å². The first-order valence-electron chi connectivity index (χ1n) is 11.1. The Morgan fingerprint density at radius 2 is 1.88 bits per heavy atom. The van der Waals surface area contributed by atoms with Crippen molar-refractivity contribution in [1.82, 2.24) is 25.4 Å². The fourth-order valence-corrected chi connectivity index (χ4v) is 3.60. The summed E-state index contributed by atoms with van der Waals surface area (Å²) in [4.78, 5) is 26.5. The van der Waals surface area contributed by atoms with Crippen LogP contribution in [0.1, 0.15) is 59.9 Å². The second-order valence-electron chi connectivity index (χ2n) is 8.16. The molecule has 7 heteroatoms. The summed E-state index contributed by atoms with van der Waals surface area (Å²) in [5.41, 5.74) is 5.64. The monoisotopic (exact) mass is 441 g/mol. The predicted octanol–water partition coefficient (Wildman–Crippen LogP) is 5.12. The minimum atomic E-state index is -0.176. The molecule has 3 aromatic heterocycles. The van der Waals surface area contributed by atoms with Crippen LogP contribution in [0.2, 0.25) is 0 Å². The molecule has 4 rings (SSSR count). The number of amides is 1. The Hall–Kier alpha value is -3.87. The summed E-state index contributed by atoms with van der Waals surface area (Å²) < 4.78 is 5.23. The number of carbonyl (C=O) groups is 1. The van der Waals surface area contributed by atoms with E-state index in [9.17, 15) is 4.79 Å². The van der Waals surface area contributed by atoms with Gasteiger partial charge in [0.2, 0.25) is 0 Å².